The lowest BCUT2D eigenvalue weighted by Gasteiger charge is -2.23. The van der Waals surface area contributed by atoms with Gasteiger partial charge < -0.3 is 19.7 Å². The Bertz CT molecular complexity index is 199. The van der Waals surface area contributed by atoms with Gasteiger partial charge in [-0.25, -0.2) is 0 Å². The predicted octanol–water partition coefficient (Wildman–Crippen LogP) is -1.24. The standard InChI is InChI=1S/C9H18N2O3/c1-11(2,3)5-4-10-9(14)6-8(13)7-12/h7-8,13H,4-6H2,1-3H3/p+1. The van der Waals surface area contributed by atoms with Gasteiger partial charge in [-0.3, -0.25) is 4.79 Å². The van der Waals surface area contributed by atoms with Crippen molar-refractivity contribution in [1.82, 2.24) is 5.32 Å². The topological polar surface area (TPSA) is 66.4 Å². The second kappa shape index (κ2) is 5.72. The van der Waals surface area contributed by atoms with Crippen LogP contribution >= 0.6 is 0 Å². The first-order valence-electron chi connectivity index (χ1n) is 4.55. The van der Waals surface area contributed by atoms with Gasteiger partial charge in [0, 0.05) is 0 Å². The summed E-state index contributed by atoms with van der Waals surface area (Å²) in [6.45, 7) is 1.36. The quantitative estimate of drug-likeness (QED) is 0.419. The van der Waals surface area contributed by atoms with Crippen molar-refractivity contribution >= 4 is 12.2 Å². The summed E-state index contributed by atoms with van der Waals surface area (Å²) in [5.41, 5.74) is 0. The van der Waals surface area contributed by atoms with Crippen LogP contribution in [0.1, 0.15) is 6.42 Å². The van der Waals surface area contributed by atoms with Crippen molar-refractivity contribution in [2.75, 3.05) is 34.2 Å². The number of carbonyl (C=O) groups excluding carboxylic acids is 2. The SMILES string of the molecule is C[N+](C)(C)CCNC(=O)CC(O)C=O. The molecule has 0 aliphatic carbocycles. The van der Waals surface area contributed by atoms with Crippen LogP contribution in [0.2, 0.25) is 0 Å². The maximum absolute atomic E-state index is 11.1. The number of nitrogens with one attached hydrogen (secondary N) is 1. The molecule has 0 aliphatic heterocycles. The van der Waals surface area contributed by atoms with Crippen molar-refractivity contribution in [3.8, 4) is 0 Å². The van der Waals surface area contributed by atoms with Gasteiger partial charge in [0.15, 0.2) is 0 Å². The Morgan fingerprint density at radius 3 is 2.50 bits per heavy atom. The summed E-state index contributed by atoms with van der Waals surface area (Å²) in [7, 11) is 6.06. The van der Waals surface area contributed by atoms with E-state index < -0.39 is 6.10 Å². The second-order valence-electron chi connectivity index (χ2n) is 4.27. The molecule has 0 bridgehead atoms. The molecule has 0 aromatic rings. The van der Waals surface area contributed by atoms with Crippen molar-refractivity contribution in [2.24, 2.45) is 0 Å². The Balaban J connectivity index is 3.60. The number of aliphatic hydroxyl groups excluding tert-OH is 1. The summed E-state index contributed by atoms with van der Waals surface area (Å²) >= 11 is 0. The third-order valence-electron chi connectivity index (χ3n) is 1.66. The average molecular weight is 203 g/mol. The largest absolute Gasteiger partial charge is 0.385 e. The van der Waals surface area contributed by atoms with Gasteiger partial charge in [0.1, 0.15) is 12.4 Å². The summed E-state index contributed by atoms with van der Waals surface area (Å²) in [5, 5.41) is 11.5. The van der Waals surface area contributed by atoms with E-state index in [1.54, 1.807) is 0 Å². The van der Waals surface area contributed by atoms with Gasteiger partial charge in [-0.05, 0) is 0 Å². The maximum atomic E-state index is 11.1. The molecule has 0 fully saturated rings. The van der Waals surface area contributed by atoms with Crippen LogP contribution < -0.4 is 5.32 Å². The van der Waals surface area contributed by atoms with Crippen LogP contribution in [0.3, 0.4) is 0 Å². The number of hydrogen-bond acceptors (Lipinski definition) is 3. The van der Waals surface area contributed by atoms with Crippen molar-refractivity contribution in [3.05, 3.63) is 0 Å². The molecule has 1 unspecified atom stereocenters. The Kier molecular flexibility index (Phi) is 5.34. The molecular weight excluding hydrogens is 184 g/mol. The molecule has 0 radical (unpaired) electrons. The molecule has 0 aromatic heterocycles. The molecular formula is C9H19N2O3+. The lowest BCUT2D eigenvalue weighted by Crippen LogP contribution is -2.42. The van der Waals surface area contributed by atoms with Crippen LogP contribution in [0.25, 0.3) is 0 Å². The highest BCUT2D eigenvalue weighted by Gasteiger charge is 2.11. The molecule has 0 spiro atoms. The number of amides is 1. The molecule has 0 aromatic carbocycles. The van der Waals surface area contributed by atoms with Gasteiger partial charge in [0.2, 0.25) is 5.91 Å². The number of aldehydes is 1. The summed E-state index contributed by atoms with van der Waals surface area (Å²) in [6.07, 6.45) is -0.973. The van der Waals surface area contributed by atoms with E-state index in [1.165, 1.54) is 0 Å². The van der Waals surface area contributed by atoms with Crippen molar-refractivity contribution in [1.29, 1.82) is 0 Å². The van der Waals surface area contributed by atoms with Crippen molar-refractivity contribution in [3.63, 3.8) is 0 Å². The number of hydrogen-bond donors (Lipinski definition) is 2. The van der Waals surface area contributed by atoms with Crippen LogP contribution in [-0.2, 0) is 9.59 Å². The van der Waals surface area contributed by atoms with E-state index in [2.05, 4.69) is 5.32 Å². The molecule has 5 heteroatoms. The summed E-state index contributed by atoms with van der Waals surface area (Å²) in [5.74, 6) is -0.293. The van der Waals surface area contributed by atoms with Gasteiger partial charge in [0.25, 0.3) is 0 Å². The lowest BCUT2D eigenvalue weighted by atomic mass is 10.2. The van der Waals surface area contributed by atoms with Crippen LogP contribution in [-0.4, -0.2) is 62.1 Å². The number of carbonyl (C=O) groups is 2. The van der Waals surface area contributed by atoms with Crippen LogP contribution in [0.5, 0.6) is 0 Å². The smallest absolute Gasteiger partial charge is 0.223 e. The van der Waals surface area contributed by atoms with E-state index >= 15 is 0 Å². The summed E-state index contributed by atoms with van der Waals surface area (Å²) in [4.78, 5) is 21.1. The third kappa shape index (κ3) is 7.70. The van der Waals surface area contributed by atoms with Gasteiger partial charge in [-0.1, -0.05) is 0 Å². The highest BCUT2D eigenvalue weighted by molar-refractivity contribution is 5.79. The number of aliphatic hydroxyl groups is 1. The minimum absolute atomic E-state index is 0.152. The average Bonchev–Trinajstić information content (AvgIpc) is 2.01. The Hall–Kier alpha value is -0.940. The normalized spacial score (nSPS) is 13.4. The third-order valence-corrected chi connectivity index (χ3v) is 1.66. The van der Waals surface area contributed by atoms with Crippen molar-refractivity contribution < 1.29 is 19.2 Å². The molecule has 5 nitrogen and oxygen atoms in total. The zero-order valence-corrected chi connectivity index (χ0v) is 8.99. The first-order valence-corrected chi connectivity index (χ1v) is 4.55. The number of quaternary nitrogens is 1. The van der Waals surface area contributed by atoms with Crippen LogP contribution in [0.15, 0.2) is 0 Å². The minimum Gasteiger partial charge on any atom is -0.385 e. The van der Waals surface area contributed by atoms with E-state index in [0.717, 1.165) is 11.0 Å². The van der Waals surface area contributed by atoms with E-state index in [1.807, 2.05) is 21.1 Å². The number of likely N-dealkylation sites (N-methyl/N-ethyl adjacent to an activating group) is 1. The molecule has 2 N–H and O–H groups in total. The first kappa shape index (κ1) is 13.1. The van der Waals surface area contributed by atoms with E-state index in [0.29, 0.717) is 12.8 Å². The molecule has 0 heterocycles. The number of nitrogens with zero attached hydrogens (tertiary/aromatic N) is 1. The maximum Gasteiger partial charge on any atom is 0.223 e. The highest BCUT2D eigenvalue weighted by Crippen LogP contribution is 1.89. The summed E-state index contributed by atoms with van der Waals surface area (Å²) < 4.78 is 0.760. The Morgan fingerprint density at radius 2 is 2.07 bits per heavy atom. The molecule has 0 aliphatic rings. The Morgan fingerprint density at radius 1 is 1.50 bits per heavy atom. The van der Waals surface area contributed by atoms with Crippen LogP contribution in [0.4, 0.5) is 0 Å². The summed E-state index contributed by atoms with van der Waals surface area (Å²) in [6, 6.07) is 0. The monoisotopic (exact) mass is 203 g/mol. The van der Waals surface area contributed by atoms with E-state index in [9.17, 15) is 9.59 Å². The van der Waals surface area contributed by atoms with Gasteiger partial charge in [-0.2, -0.15) is 0 Å². The van der Waals surface area contributed by atoms with E-state index in [4.69, 9.17) is 5.11 Å². The first-order chi connectivity index (χ1) is 6.35. The zero-order valence-electron chi connectivity index (χ0n) is 8.99. The van der Waals surface area contributed by atoms with Gasteiger partial charge in [-0.15, -0.1) is 0 Å². The molecule has 1 atom stereocenters. The predicted molar refractivity (Wildman–Crippen MR) is 52.6 cm³/mol. The van der Waals surface area contributed by atoms with E-state index in [-0.39, 0.29) is 12.3 Å². The fourth-order valence-electron chi connectivity index (χ4n) is 0.841. The molecule has 1 amide bonds. The molecule has 14 heavy (non-hydrogen) atoms. The molecule has 82 valence electrons. The van der Waals surface area contributed by atoms with Gasteiger partial charge in [0.05, 0.1) is 40.7 Å². The van der Waals surface area contributed by atoms with Gasteiger partial charge >= 0.3 is 0 Å². The fraction of sp³-hybridized carbons (Fsp3) is 0.778. The fourth-order valence-corrected chi connectivity index (χ4v) is 0.841. The van der Waals surface area contributed by atoms with Crippen LogP contribution in [0, 0.1) is 0 Å². The lowest BCUT2D eigenvalue weighted by molar-refractivity contribution is -0.869. The minimum atomic E-state index is -1.18. The highest BCUT2D eigenvalue weighted by atomic mass is 16.3. The molecule has 0 rings (SSSR count). The number of rotatable bonds is 6. The second-order valence-corrected chi connectivity index (χ2v) is 4.27. The Labute approximate surface area is 84.3 Å². The zero-order chi connectivity index (χ0) is 11.2. The van der Waals surface area contributed by atoms with Crippen molar-refractivity contribution in [2.45, 2.75) is 12.5 Å². The molecule has 0 saturated heterocycles. The molecule has 0 saturated carbocycles.